The van der Waals surface area contributed by atoms with Gasteiger partial charge in [-0.2, -0.15) is 4.58 Å². The number of hydrogen-bond acceptors (Lipinski definition) is 3. The van der Waals surface area contributed by atoms with Crippen LogP contribution in [0.1, 0.15) is 90.7 Å². The molecule has 0 bridgehead atoms. The van der Waals surface area contributed by atoms with E-state index in [9.17, 15) is 14.7 Å². The number of benzene rings is 4. The zero-order valence-corrected chi connectivity index (χ0v) is 31.5. The molecular formula is C43H49BrN2O4. The highest BCUT2D eigenvalue weighted by atomic mass is 79.9. The highest BCUT2D eigenvalue weighted by Crippen LogP contribution is 2.52. The number of fused-ring (bicyclic) bond motifs is 6. The van der Waals surface area contributed by atoms with Crippen molar-refractivity contribution < 1.29 is 41.4 Å². The zero-order valence-electron chi connectivity index (χ0n) is 29.9. The van der Waals surface area contributed by atoms with E-state index in [0.29, 0.717) is 12.8 Å². The minimum Gasteiger partial charge on any atom is -1.00 e. The predicted octanol–water partition coefficient (Wildman–Crippen LogP) is 6.90. The molecule has 7 heteroatoms. The van der Waals surface area contributed by atoms with Gasteiger partial charge in [-0.25, -0.2) is 4.79 Å². The molecule has 0 spiro atoms. The van der Waals surface area contributed by atoms with Gasteiger partial charge in [-0.05, 0) is 78.4 Å². The summed E-state index contributed by atoms with van der Waals surface area (Å²) in [4.78, 5) is 26.2. The zero-order chi connectivity index (χ0) is 34.9. The number of anilines is 1. The molecule has 50 heavy (non-hydrogen) atoms. The van der Waals surface area contributed by atoms with Gasteiger partial charge < -0.3 is 32.1 Å². The summed E-state index contributed by atoms with van der Waals surface area (Å²) in [5.74, 6) is -1.55. The van der Waals surface area contributed by atoms with Crippen molar-refractivity contribution >= 4 is 50.6 Å². The number of carboxylic acid groups (broad SMARTS) is 2. The van der Waals surface area contributed by atoms with Crippen molar-refractivity contribution in [2.24, 2.45) is 0 Å². The van der Waals surface area contributed by atoms with Gasteiger partial charge >= 0.3 is 11.9 Å². The first-order valence-corrected chi connectivity index (χ1v) is 17.8. The molecular weight excluding hydrogens is 688 g/mol. The fraction of sp³-hybridized carbons (Fsp3) is 0.372. The van der Waals surface area contributed by atoms with Crippen LogP contribution in [-0.2, 0) is 20.4 Å². The number of unbranched alkanes of at least 4 members (excludes halogenated alkanes) is 3. The van der Waals surface area contributed by atoms with Crippen LogP contribution in [0.2, 0.25) is 0 Å². The largest absolute Gasteiger partial charge is 1.00 e. The lowest BCUT2D eigenvalue weighted by Crippen LogP contribution is -3.00. The molecule has 4 aromatic rings. The third-order valence-corrected chi connectivity index (χ3v) is 10.7. The molecule has 0 saturated heterocycles. The van der Waals surface area contributed by atoms with Crippen molar-refractivity contribution in [2.45, 2.75) is 96.4 Å². The van der Waals surface area contributed by atoms with Gasteiger partial charge in [-0.1, -0.05) is 94.3 Å². The van der Waals surface area contributed by atoms with Crippen LogP contribution in [0.5, 0.6) is 0 Å². The first-order chi connectivity index (χ1) is 23.5. The molecule has 0 saturated carbocycles. The van der Waals surface area contributed by atoms with Crippen LogP contribution < -0.4 is 21.9 Å². The molecule has 6 nitrogen and oxygen atoms in total. The van der Waals surface area contributed by atoms with Crippen molar-refractivity contribution in [1.82, 2.24) is 0 Å². The van der Waals surface area contributed by atoms with Crippen molar-refractivity contribution in [3.05, 3.63) is 108 Å². The highest BCUT2D eigenvalue weighted by molar-refractivity contribution is 6.08. The molecule has 6 rings (SSSR count). The number of carboxylic acids is 2. The average molecular weight is 738 g/mol. The quantitative estimate of drug-likeness (QED) is 0.115. The van der Waals surface area contributed by atoms with E-state index >= 15 is 0 Å². The smallest absolute Gasteiger partial charge is 0.326 e. The van der Waals surface area contributed by atoms with Crippen molar-refractivity contribution in [1.29, 1.82) is 0 Å². The molecule has 0 radical (unpaired) electrons. The Morgan fingerprint density at radius 1 is 0.800 bits per heavy atom. The van der Waals surface area contributed by atoms with Gasteiger partial charge in [0, 0.05) is 47.3 Å². The van der Waals surface area contributed by atoms with Crippen molar-refractivity contribution in [3.63, 3.8) is 0 Å². The van der Waals surface area contributed by atoms with Crippen LogP contribution in [0.25, 0.3) is 21.5 Å². The Bertz CT molecular complexity index is 2020. The summed E-state index contributed by atoms with van der Waals surface area (Å²) in [7, 11) is 0. The molecule has 2 N–H and O–H groups in total. The maximum Gasteiger partial charge on any atom is 0.326 e. The van der Waals surface area contributed by atoms with Gasteiger partial charge in [0.05, 0.1) is 5.41 Å². The fourth-order valence-electron chi connectivity index (χ4n) is 8.29. The second-order valence-corrected chi connectivity index (χ2v) is 14.6. The third-order valence-electron chi connectivity index (χ3n) is 10.7. The Labute approximate surface area is 306 Å². The van der Waals surface area contributed by atoms with E-state index in [1.54, 1.807) is 0 Å². The second-order valence-electron chi connectivity index (χ2n) is 14.6. The summed E-state index contributed by atoms with van der Waals surface area (Å²) in [6.45, 7) is 11.9. The number of carbonyl (C=O) groups is 2. The van der Waals surface area contributed by atoms with E-state index in [1.807, 2.05) is 0 Å². The van der Waals surface area contributed by atoms with Crippen LogP contribution in [0, 0.1) is 0 Å². The Morgan fingerprint density at radius 3 is 2.08 bits per heavy atom. The minimum absolute atomic E-state index is 0. The minimum atomic E-state index is -0.803. The first-order valence-electron chi connectivity index (χ1n) is 17.8. The van der Waals surface area contributed by atoms with Crippen molar-refractivity contribution in [2.75, 3.05) is 11.4 Å². The average Bonchev–Trinajstić information content (AvgIpc) is 3.43. The van der Waals surface area contributed by atoms with E-state index < -0.39 is 23.4 Å². The molecule has 2 aliphatic heterocycles. The third kappa shape index (κ3) is 6.64. The topological polar surface area (TPSA) is 80.8 Å². The molecule has 4 aromatic carbocycles. The summed E-state index contributed by atoms with van der Waals surface area (Å²) in [5, 5.41) is 24.5. The number of aliphatic carboxylic acids is 2. The Hall–Kier alpha value is -4.23. The lowest BCUT2D eigenvalue weighted by atomic mass is 9.79. The SMILES string of the molecule is CCCCC(C(=O)O)N1C(=CC=CC2=[N+](CCCCCC(=O)O)c3ccc4ccccc4c3C2(C)C)C(C)(C)c2c1ccc1ccccc21.[Br-]. The second kappa shape index (κ2) is 14.9. The maximum atomic E-state index is 12.9. The molecule has 0 fully saturated rings. The molecule has 0 aliphatic carbocycles. The normalized spacial score (nSPS) is 17.4. The van der Waals surface area contributed by atoms with Crippen LogP contribution in [0.3, 0.4) is 0 Å². The van der Waals surface area contributed by atoms with Gasteiger partial charge in [0.25, 0.3) is 0 Å². The summed E-state index contributed by atoms with van der Waals surface area (Å²) in [6.07, 6.45) is 11.4. The van der Waals surface area contributed by atoms with Gasteiger partial charge in [-0.15, -0.1) is 0 Å². The number of rotatable bonds is 13. The summed E-state index contributed by atoms with van der Waals surface area (Å²) < 4.78 is 2.42. The monoisotopic (exact) mass is 736 g/mol. The molecule has 2 aliphatic rings. The maximum absolute atomic E-state index is 12.9. The summed E-state index contributed by atoms with van der Waals surface area (Å²) in [6, 6.07) is 24.9. The number of allylic oxidation sites excluding steroid dienone is 4. The predicted molar refractivity (Wildman–Crippen MR) is 200 cm³/mol. The van der Waals surface area contributed by atoms with Gasteiger partial charge in [0.15, 0.2) is 5.71 Å². The van der Waals surface area contributed by atoms with Gasteiger partial charge in [0.1, 0.15) is 12.6 Å². The van der Waals surface area contributed by atoms with Crippen LogP contribution in [-0.4, -0.2) is 45.0 Å². The summed E-state index contributed by atoms with van der Waals surface area (Å²) >= 11 is 0. The molecule has 1 unspecified atom stereocenters. The van der Waals surface area contributed by atoms with E-state index in [0.717, 1.165) is 54.4 Å². The summed E-state index contributed by atoms with van der Waals surface area (Å²) in [5.41, 5.74) is 6.09. The van der Waals surface area contributed by atoms with Crippen molar-refractivity contribution in [3.8, 4) is 0 Å². The van der Waals surface area contributed by atoms with Crippen LogP contribution >= 0.6 is 0 Å². The number of hydrogen-bond donors (Lipinski definition) is 2. The van der Waals surface area contributed by atoms with Gasteiger partial charge in [0.2, 0.25) is 5.69 Å². The molecule has 0 aromatic heterocycles. The lowest BCUT2D eigenvalue weighted by molar-refractivity contribution is -0.438. The van der Waals surface area contributed by atoms with Crippen LogP contribution in [0.4, 0.5) is 11.4 Å². The Balaban J connectivity index is 0.00000486. The van der Waals surface area contributed by atoms with E-state index in [4.69, 9.17) is 5.11 Å². The molecule has 1 atom stereocenters. The number of halogens is 1. The molecule has 0 amide bonds. The molecule has 262 valence electrons. The fourth-order valence-corrected chi connectivity index (χ4v) is 8.29. The lowest BCUT2D eigenvalue weighted by Gasteiger charge is -2.32. The first kappa shape index (κ1) is 37.0. The molecule has 2 heterocycles. The van der Waals surface area contributed by atoms with E-state index in [1.165, 1.54) is 33.3 Å². The van der Waals surface area contributed by atoms with Crippen LogP contribution in [0.15, 0.2) is 96.7 Å². The van der Waals surface area contributed by atoms with E-state index in [-0.39, 0.29) is 28.8 Å². The number of nitrogens with zero attached hydrogens (tertiary/aromatic N) is 2. The Kier molecular flexibility index (Phi) is 11.1. The van der Waals surface area contributed by atoms with E-state index in [2.05, 4.69) is 135 Å². The Morgan fingerprint density at radius 2 is 1.44 bits per heavy atom. The highest BCUT2D eigenvalue weighted by Gasteiger charge is 2.47. The standard InChI is InChI=1S/C43H48N2O4.BrH/c1-6-7-20-35(41(48)49)45-34-27-25-30-17-11-13-19-32(30)40(34)43(4,5)37(45)22-15-21-36-42(2,3)39-31-18-12-10-16-29(31)24-26-33(39)44(36)28-14-8-9-23-38(46)47;/h10-13,15-19,21-22,24-27,35H,6-9,14,20,23,28H2,1-5H3,(H-,46,47,48,49);1H. The van der Waals surface area contributed by atoms with Gasteiger partial charge in [-0.3, -0.25) is 4.79 Å².